The normalized spacial score (nSPS) is 15.9. The van der Waals surface area contributed by atoms with Crippen LogP contribution in [0.4, 0.5) is 0 Å². The van der Waals surface area contributed by atoms with E-state index in [2.05, 4.69) is 26.0 Å². The van der Waals surface area contributed by atoms with Crippen LogP contribution in [-0.4, -0.2) is 5.97 Å². The first-order valence-electron chi connectivity index (χ1n) is 7.54. The highest BCUT2D eigenvalue weighted by Crippen LogP contribution is 2.28. The number of esters is 1. The Bertz CT molecular complexity index is 781. The van der Waals surface area contributed by atoms with Gasteiger partial charge >= 0.3 is 5.97 Å². The molecular formula is C20H17ClO2. The number of rotatable bonds is 3. The average Bonchev–Trinajstić information content (AvgIpc) is 2.89. The van der Waals surface area contributed by atoms with Crippen LogP contribution < -0.4 is 0 Å². The third-order valence-corrected chi connectivity index (χ3v) is 4.03. The molecule has 3 heteroatoms. The molecule has 0 unspecified atom stereocenters. The van der Waals surface area contributed by atoms with E-state index in [4.69, 9.17) is 16.3 Å². The SMILES string of the molecule is CC(C)c1ccc(/C=C2\C=C(c3ccc(Cl)cc3)OC2=O)cc1. The number of cyclic esters (lactones) is 1. The van der Waals surface area contributed by atoms with Crippen LogP contribution in [0.1, 0.15) is 36.5 Å². The number of benzene rings is 2. The summed E-state index contributed by atoms with van der Waals surface area (Å²) in [5.74, 6) is 0.712. The molecule has 0 aliphatic carbocycles. The Morgan fingerprint density at radius 2 is 1.65 bits per heavy atom. The summed E-state index contributed by atoms with van der Waals surface area (Å²) in [4.78, 5) is 12.0. The van der Waals surface area contributed by atoms with Crippen molar-refractivity contribution in [2.45, 2.75) is 19.8 Å². The molecule has 0 atom stereocenters. The van der Waals surface area contributed by atoms with Gasteiger partial charge in [-0.05, 0) is 53.5 Å². The molecule has 3 rings (SSSR count). The van der Waals surface area contributed by atoms with Crippen molar-refractivity contribution in [2.24, 2.45) is 0 Å². The first-order chi connectivity index (χ1) is 11.0. The molecule has 0 spiro atoms. The molecular weight excluding hydrogens is 308 g/mol. The molecule has 2 aromatic carbocycles. The summed E-state index contributed by atoms with van der Waals surface area (Å²) in [6.07, 6.45) is 3.61. The third-order valence-electron chi connectivity index (χ3n) is 3.78. The minimum absolute atomic E-state index is 0.331. The molecule has 0 bridgehead atoms. The van der Waals surface area contributed by atoms with E-state index in [-0.39, 0.29) is 5.97 Å². The fourth-order valence-electron chi connectivity index (χ4n) is 2.40. The van der Waals surface area contributed by atoms with Gasteiger partial charge in [-0.3, -0.25) is 0 Å². The topological polar surface area (TPSA) is 26.3 Å². The van der Waals surface area contributed by atoms with Crippen LogP contribution in [0.15, 0.2) is 60.2 Å². The van der Waals surface area contributed by atoms with E-state index in [9.17, 15) is 4.79 Å². The maximum atomic E-state index is 12.0. The van der Waals surface area contributed by atoms with Crippen LogP contribution in [0.5, 0.6) is 0 Å². The lowest BCUT2D eigenvalue weighted by Gasteiger charge is -2.04. The Morgan fingerprint density at radius 1 is 1.00 bits per heavy atom. The summed E-state index contributed by atoms with van der Waals surface area (Å²) >= 11 is 5.88. The molecule has 0 saturated carbocycles. The fraction of sp³-hybridized carbons (Fsp3) is 0.150. The van der Waals surface area contributed by atoms with Gasteiger partial charge in [-0.25, -0.2) is 4.79 Å². The maximum absolute atomic E-state index is 12.0. The first kappa shape index (κ1) is 15.6. The van der Waals surface area contributed by atoms with E-state index >= 15 is 0 Å². The van der Waals surface area contributed by atoms with Gasteiger partial charge in [0.25, 0.3) is 0 Å². The highest BCUT2D eigenvalue weighted by molar-refractivity contribution is 6.30. The number of ether oxygens (including phenoxy) is 1. The second kappa shape index (κ2) is 6.43. The second-order valence-electron chi connectivity index (χ2n) is 5.83. The molecule has 116 valence electrons. The van der Waals surface area contributed by atoms with Crippen LogP contribution in [0, 0.1) is 0 Å². The van der Waals surface area contributed by atoms with E-state index < -0.39 is 0 Å². The van der Waals surface area contributed by atoms with Crippen LogP contribution in [0.2, 0.25) is 5.02 Å². The lowest BCUT2D eigenvalue weighted by Crippen LogP contribution is -1.97. The highest BCUT2D eigenvalue weighted by Gasteiger charge is 2.21. The molecule has 1 heterocycles. The number of carbonyl (C=O) groups excluding carboxylic acids is 1. The highest BCUT2D eigenvalue weighted by atomic mass is 35.5. The molecule has 0 saturated heterocycles. The zero-order valence-electron chi connectivity index (χ0n) is 13.0. The van der Waals surface area contributed by atoms with Gasteiger partial charge in [-0.15, -0.1) is 0 Å². The molecule has 23 heavy (non-hydrogen) atoms. The Balaban J connectivity index is 1.87. The van der Waals surface area contributed by atoms with Gasteiger partial charge in [0.1, 0.15) is 5.76 Å². The Labute approximate surface area is 141 Å². The van der Waals surface area contributed by atoms with E-state index in [1.165, 1.54) is 5.56 Å². The molecule has 1 aliphatic rings. The molecule has 0 amide bonds. The van der Waals surface area contributed by atoms with Crippen molar-refractivity contribution in [1.82, 2.24) is 0 Å². The van der Waals surface area contributed by atoms with Gasteiger partial charge in [0, 0.05) is 10.6 Å². The summed E-state index contributed by atoms with van der Waals surface area (Å²) in [7, 11) is 0. The van der Waals surface area contributed by atoms with Gasteiger partial charge in [0.2, 0.25) is 0 Å². The zero-order chi connectivity index (χ0) is 16.4. The van der Waals surface area contributed by atoms with Gasteiger partial charge in [0.15, 0.2) is 0 Å². The number of halogens is 1. The summed E-state index contributed by atoms with van der Waals surface area (Å²) in [5.41, 5.74) is 3.64. The Morgan fingerprint density at radius 3 is 2.26 bits per heavy atom. The summed E-state index contributed by atoms with van der Waals surface area (Å²) in [5, 5.41) is 0.652. The van der Waals surface area contributed by atoms with Crippen molar-refractivity contribution in [2.75, 3.05) is 0 Å². The number of hydrogen-bond acceptors (Lipinski definition) is 2. The molecule has 1 aliphatic heterocycles. The molecule has 0 radical (unpaired) electrons. The Kier molecular flexibility index (Phi) is 4.35. The van der Waals surface area contributed by atoms with Crippen LogP contribution >= 0.6 is 11.6 Å². The number of carbonyl (C=O) groups is 1. The smallest absolute Gasteiger partial charge is 0.343 e. The fourth-order valence-corrected chi connectivity index (χ4v) is 2.53. The second-order valence-corrected chi connectivity index (χ2v) is 6.26. The van der Waals surface area contributed by atoms with Crippen molar-refractivity contribution in [3.05, 3.63) is 81.9 Å². The van der Waals surface area contributed by atoms with Crippen molar-refractivity contribution < 1.29 is 9.53 Å². The van der Waals surface area contributed by atoms with Gasteiger partial charge in [0.05, 0.1) is 5.57 Å². The van der Waals surface area contributed by atoms with E-state index in [1.807, 2.05) is 30.3 Å². The third kappa shape index (κ3) is 3.54. The van der Waals surface area contributed by atoms with Gasteiger partial charge in [-0.1, -0.05) is 49.7 Å². The maximum Gasteiger partial charge on any atom is 0.343 e. The van der Waals surface area contributed by atoms with E-state index in [1.54, 1.807) is 18.2 Å². The molecule has 2 aromatic rings. The predicted molar refractivity (Wildman–Crippen MR) is 94.0 cm³/mol. The molecule has 2 nitrogen and oxygen atoms in total. The Hall–Kier alpha value is -2.32. The van der Waals surface area contributed by atoms with Crippen molar-refractivity contribution >= 4 is 29.4 Å². The van der Waals surface area contributed by atoms with Crippen molar-refractivity contribution in [1.29, 1.82) is 0 Å². The standard InChI is InChI=1S/C20H17ClO2/c1-13(2)15-5-3-14(4-6-15)11-17-12-19(23-20(17)22)16-7-9-18(21)10-8-16/h3-13H,1-2H3/b17-11+. The monoisotopic (exact) mass is 324 g/mol. The lowest BCUT2D eigenvalue weighted by atomic mass is 10.0. The largest absolute Gasteiger partial charge is 0.422 e. The quantitative estimate of drug-likeness (QED) is 0.554. The van der Waals surface area contributed by atoms with Gasteiger partial charge in [-0.2, -0.15) is 0 Å². The van der Waals surface area contributed by atoms with Crippen molar-refractivity contribution in [3.63, 3.8) is 0 Å². The minimum Gasteiger partial charge on any atom is -0.422 e. The van der Waals surface area contributed by atoms with E-state index in [0.717, 1.165) is 11.1 Å². The summed E-state index contributed by atoms with van der Waals surface area (Å²) in [6.45, 7) is 4.31. The molecule has 0 fully saturated rings. The van der Waals surface area contributed by atoms with Crippen LogP contribution in [0.3, 0.4) is 0 Å². The van der Waals surface area contributed by atoms with Crippen LogP contribution in [0.25, 0.3) is 11.8 Å². The summed E-state index contributed by atoms with van der Waals surface area (Å²) < 4.78 is 5.34. The summed E-state index contributed by atoms with van der Waals surface area (Å²) in [6, 6.07) is 15.4. The predicted octanol–water partition coefficient (Wildman–Crippen LogP) is 5.44. The van der Waals surface area contributed by atoms with Crippen LogP contribution in [-0.2, 0) is 9.53 Å². The minimum atomic E-state index is -0.331. The molecule has 0 aromatic heterocycles. The lowest BCUT2D eigenvalue weighted by molar-refractivity contribution is -0.130. The molecule has 0 N–H and O–H groups in total. The number of hydrogen-bond donors (Lipinski definition) is 0. The average molecular weight is 325 g/mol. The first-order valence-corrected chi connectivity index (χ1v) is 7.92. The van der Waals surface area contributed by atoms with Crippen molar-refractivity contribution in [3.8, 4) is 0 Å². The zero-order valence-corrected chi connectivity index (χ0v) is 13.8. The van der Waals surface area contributed by atoms with E-state index in [0.29, 0.717) is 22.3 Å². The van der Waals surface area contributed by atoms with Gasteiger partial charge < -0.3 is 4.74 Å².